The van der Waals surface area contributed by atoms with Gasteiger partial charge in [-0.05, 0) is 35.7 Å². The van der Waals surface area contributed by atoms with Crippen LogP contribution in [-0.2, 0) is 6.42 Å². The van der Waals surface area contributed by atoms with Gasteiger partial charge in [0, 0.05) is 17.7 Å². The lowest BCUT2D eigenvalue weighted by Crippen LogP contribution is -2.14. The SMILES string of the molecule is O=C(Nc1ccccc1Cc1ccccc1)c1cc(Cl)c2c(c1)OCCCO2. The number of rotatable bonds is 4. The molecule has 0 aromatic heterocycles. The number of carbonyl (C=O) groups is 1. The van der Waals surface area contributed by atoms with Gasteiger partial charge in [0.2, 0.25) is 0 Å². The molecule has 0 saturated heterocycles. The van der Waals surface area contributed by atoms with Crippen molar-refractivity contribution in [3.05, 3.63) is 88.4 Å². The highest BCUT2D eigenvalue weighted by atomic mass is 35.5. The molecule has 0 saturated carbocycles. The zero-order valence-electron chi connectivity index (χ0n) is 15.3. The molecule has 0 radical (unpaired) electrons. The summed E-state index contributed by atoms with van der Waals surface area (Å²) in [7, 11) is 0. The molecular weight excluding hydrogens is 374 g/mol. The van der Waals surface area contributed by atoms with Gasteiger partial charge in [0.15, 0.2) is 11.5 Å². The van der Waals surface area contributed by atoms with Crippen molar-refractivity contribution in [2.75, 3.05) is 18.5 Å². The molecule has 3 aromatic rings. The third kappa shape index (κ3) is 4.12. The lowest BCUT2D eigenvalue weighted by atomic mass is 10.0. The monoisotopic (exact) mass is 393 g/mol. The highest BCUT2D eigenvalue weighted by Crippen LogP contribution is 2.38. The third-order valence-electron chi connectivity index (χ3n) is 4.57. The van der Waals surface area contributed by atoms with E-state index in [-0.39, 0.29) is 5.91 Å². The van der Waals surface area contributed by atoms with Gasteiger partial charge in [0.25, 0.3) is 5.91 Å². The van der Waals surface area contributed by atoms with Crippen LogP contribution >= 0.6 is 11.6 Å². The first-order chi connectivity index (χ1) is 13.7. The molecule has 142 valence electrons. The Morgan fingerprint density at radius 2 is 1.71 bits per heavy atom. The molecule has 4 nitrogen and oxygen atoms in total. The van der Waals surface area contributed by atoms with Gasteiger partial charge < -0.3 is 14.8 Å². The molecule has 5 heteroatoms. The van der Waals surface area contributed by atoms with Crippen LogP contribution in [0, 0.1) is 0 Å². The average molecular weight is 394 g/mol. The standard InChI is InChI=1S/C23H20ClNO3/c24-19-14-18(15-21-22(19)28-12-6-11-27-21)23(26)25-20-10-5-4-9-17(20)13-16-7-2-1-3-8-16/h1-5,7-10,14-15H,6,11-13H2,(H,25,26). The Balaban J connectivity index is 1.58. The van der Waals surface area contributed by atoms with Gasteiger partial charge in [-0.25, -0.2) is 0 Å². The number of fused-ring (bicyclic) bond motifs is 1. The first kappa shape index (κ1) is 18.4. The van der Waals surface area contributed by atoms with Crippen LogP contribution in [0.5, 0.6) is 11.5 Å². The van der Waals surface area contributed by atoms with E-state index in [0.29, 0.717) is 35.3 Å². The van der Waals surface area contributed by atoms with E-state index in [1.54, 1.807) is 12.1 Å². The van der Waals surface area contributed by atoms with Crippen molar-refractivity contribution in [3.8, 4) is 11.5 Å². The van der Waals surface area contributed by atoms with Crippen LogP contribution < -0.4 is 14.8 Å². The van der Waals surface area contributed by atoms with E-state index in [2.05, 4.69) is 17.4 Å². The van der Waals surface area contributed by atoms with Crippen molar-refractivity contribution in [2.24, 2.45) is 0 Å². The third-order valence-corrected chi connectivity index (χ3v) is 4.85. The highest BCUT2D eigenvalue weighted by Gasteiger charge is 2.19. The van der Waals surface area contributed by atoms with Crippen molar-refractivity contribution < 1.29 is 14.3 Å². The average Bonchev–Trinajstić information content (AvgIpc) is 2.96. The predicted octanol–water partition coefficient (Wildman–Crippen LogP) is 5.34. The molecule has 0 bridgehead atoms. The van der Waals surface area contributed by atoms with Gasteiger partial charge in [0.05, 0.1) is 18.2 Å². The maximum absolute atomic E-state index is 12.9. The lowest BCUT2D eigenvalue weighted by molar-refractivity contribution is 0.102. The van der Waals surface area contributed by atoms with Crippen LogP contribution in [0.15, 0.2) is 66.7 Å². The van der Waals surface area contributed by atoms with Crippen LogP contribution in [0.25, 0.3) is 0 Å². The molecular formula is C23H20ClNO3. The zero-order chi connectivity index (χ0) is 19.3. The molecule has 0 spiro atoms. The minimum absolute atomic E-state index is 0.238. The normalized spacial score (nSPS) is 12.9. The summed E-state index contributed by atoms with van der Waals surface area (Å²) in [6, 6.07) is 21.3. The largest absolute Gasteiger partial charge is 0.489 e. The Bertz CT molecular complexity index is 988. The van der Waals surface area contributed by atoms with E-state index >= 15 is 0 Å². The summed E-state index contributed by atoms with van der Waals surface area (Å²) in [6.45, 7) is 1.08. The number of halogens is 1. The van der Waals surface area contributed by atoms with E-state index in [1.165, 1.54) is 5.56 Å². The molecule has 28 heavy (non-hydrogen) atoms. The number of hydrogen-bond donors (Lipinski definition) is 1. The summed E-state index contributed by atoms with van der Waals surface area (Å²) in [6.07, 6.45) is 1.51. The number of hydrogen-bond acceptors (Lipinski definition) is 3. The van der Waals surface area contributed by atoms with E-state index in [0.717, 1.165) is 24.1 Å². The number of anilines is 1. The number of carbonyl (C=O) groups excluding carboxylic acids is 1. The summed E-state index contributed by atoms with van der Waals surface area (Å²) < 4.78 is 11.3. The fraction of sp³-hybridized carbons (Fsp3) is 0.174. The van der Waals surface area contributed by atoms with E-state index in [4.69, 9.17) is 21.1 Å². The maximum Gasteiger partial charge on any atom is 0.255 e. The predicted molar refractivity (Wildman–Crippen MR) is 111 cm³/mol. The molecule has 0 atom stereocenters. The molecule has 0 unspecified atom stereocenters. The number of para-hydroxylation sites is 1. The van der Waals surface area contributed by atoms with Gasteiger partial charge in [-0.15, -0.1) is 0 Å². The summed E-state index contributed by atoms with van der Waals surface area (Å²) in [5.41, 5.74) is 3.44. The minimum atomic E-state index is -0.238. The second kappa shape index (κ2) is 8.36. The minimum Gasteiger partial charge on any atom is -0.489 e. The Labute approximate surface area is 169 Å². The molecule has 1 heterocycles. The Kier molecular flexibility index (Phi) is 5.49. The lowest BCUT2D eigenvalue weighted by Gasteiger charge is -2.14. The van der Waals surface area contributed by atoms with E-state index in [1.807, 2.05) is 42.5 Å². The molecule has 4 rings (SSSR count). The first-order valence-corrected chi connectivity index (χ1v) is 9.61. The Hall–Kier alpha value is -2.98. The molecule has 0 aliphatic carbocycles. The van der Waals surface area contributed by atoms with Crippen LogP contribution in [0.1, 0.15) is 27.9 Å². The first-order valence-electron chi connectivity index (χ1n) is 9.23. The van der Waals surface area contributed by atoms with Crippen molar-refractivity contribution in [2.45, 2.75) is 12.8 Å². The summed E-state index contributed by atoms with van der Waals surface area (Å²) >= 11 is 6.32. The smallest absolute Gasteiger partial charge is 0.255 e. The van der Waals surface area contributed by atoms with E-state index in [9.17, 15) is 4.79 Å². The van der Waals surface area contributed by atoms with Gasteiger partial charge in [0.1, 0.15) is 0 Å². The van der Waals surface area contributed by atoms with Crippen LogP contribution in [0.2, 0.25) is 5.02 Å². The van der Waals surface area contributed by atoms with Crippen molar-refractivity contribution in [1.29, 1.82) is 0 Å². The quantitative estimate of drug-likeness (QED) is 0.650. The highest BCUT2D eigenvalue weighted by molar-refractivity contribution is 6.32. The number of amides is 1. The zero-order valence-corrected chi connectivity index (χ0v) is 16.0. The van der Waals surface area contributed by atoms with Crippen LogP contribution in [0.3, 0.4) is 0 Å². The van der Waals surface area contributed by atoms with Gasteiger partial charge in [-0.2, -0.15) is 0 Å². The van der Waals surface area contributed by atoms with Gasteiger partial charge in [-0.3, -0.25) is 4.79 Å². The fourth-order valence-electron chi connectivity index (χ4n) is 3.17. The molecule has 1 aliphatic rings. The van der Waals surface area contributed by atoms with E-state index < -0.39 is 0 Å². The van der Waals surface area contributed by atoms with Gasteiger partial charge >= 0.3 is 0 Å². The topological polar surface area (TPSA) is 47.6 Å². The van der Waals surface area contributed by atoms with Crippen LogP contribution in [-0.4, -0.2) is 19.1 Å². The number of ether oxygens (including phenoxy) is 2. The Morgan fingerprint density at radius 3 is 2.57 bits per heavy atom. The number of benzene rings is 3. The van der Waals surface area contributed by atoms with Crippen molar-refractivity contribution >= 4 is 23.2 Å². The number of nitrogens with one attached hydrogen (secondary N) is 1. The molecule has 1 amide bonds. The fourth-order valence-corrected chi connectivity index (χ4v) is 3.43. The summed E-state index contributed by atoms with van der Waals surface area (Å²) in [4.78, 5) is 12.9. The second-order valence-electron chi connectivity index (χ2n) is 6.61. The second-order valence-corrected chi connectivity index (χ2v) is 7.02. The van der Waals surface area contributed by atoms with Gasteiger partial charge in [-0.1, -0.05) is 60.1 Å². The molecule has 1 N–H and O–H groups in total. The molecule has 1 aliphatic heterocycles. The summed E-state index contributed by atoms with van der Waals surface area (Å²) in [5.74, 6) is 0.769. The van der Waals surface area contributed by atoms with Crippen LogP contribution in [0.4, 0.5) is 5.69 Å². The van der Waals surface area contributed by atoms with Crippen molar-refractivity contribution in [1.82, 2.24) is 0 Å². The van der Waals surface area contributed by atoms with Crippen molar-refractivity contribution in [3.63, 3.8) is 0 Å². The Morgan fingerprint density at radius 1 is 0.964 bits per heavy atom. The maximum atomic E-state index is 12.9. The molecule has 0 fully saturated rings. The summed E-state index contributed by atoms with van der Waals surface area (Å²) in [5, 5.41) is 3.38. The molecule has 3 aromatic carbocycles.